The van der Waals surface area contributed by atoms with Crippen molar-refractivity contribution < 1.29 is 9.53 Å². The van der Waals surface area contributed by atoms with E-state index in [1.54, 1.807) is 30.3 Å². The van der Waals surface area contributed by atoms with Gasteiger partial charge in [0.2, 0.25) is 0 Å². The van der Waals surface area contributed by atoms with E-state index >= 15 is 0 Å². The molecule has 2 aromatic carbocycles. The lowest BCUT2D eigenvalue weighted by Gasteiger charge is -2.09. The molecule has 0 radical (unpaired) electrons. The molecule has 21 heavy (non-hydrogen) atoms. The van der Waals surface area contributed by atoms with Crippen LogP contribution in [0.2, 0.25) is 20.1 Å². The molecule has 0 aliphatic heterocycles. The highest BCUT2D eigenvalue weighted by Gasteiger charge is 2.08. The topological polar surface area (TPSA) is 38.3 Å². The average molecular weight is 365 g/mol. The van der Waals surface area contributed by atoms with Crippen molar-refractivity contribution in [1.29, 1.82) is 0 Å². The first-order valence-electron chi connectivity index (χ1n) is 5.78. The monoisotopic (exact) mass is 363 g/mol. The van der Waals surface area contributed by atoms with Crippen LogP contribution in [0.5, 0.6) is 5.75 Å². The van der Waals surface area contributed by atoms with E-state index < -0.39 is 0 Å². The van der Waals surface area contributed by atoms with Crippen LogP contribution in [-0.2, 0) is 4.79 Å². The summed E-state index contributed by atoms with van der Waals surface area (Å²) in [7, 11) is 0. The molecular weight excluding hydrogens is 356 g/mol. The lowest BCUT2D eigenvalue weighted by molar-refractivity contribution is -0.118. The van der Waals surface area contributed by atoms with E-state index in [0.29, 0.717) is 31.5 Å². The molecule has 0 aliphatic carbocycles. The number of rotatable bonds is 4. The van der Waals surface area contributed by atoms with Gasteiger partial charge in [0.15, 0.2) is 6.61 Å². The largest absolute Gasteiger partial charge is 0.482 e. The normalized spacial score (nSPS) is 10.3. The van der Waals surface area contributed by atoms with Crippen molar-refractivity contribution in [3.05, 3.63) is 56.5 Å². The Kier molecular flexibility index (Phi) is 5.59. The molecule has 0 heterocycles. The van der Waals surface area contributed by atoms with Crippen LogP contribution in [0, 0.1) is 0 Å². The van der Waals surface area contributed by atoms with Gasteiger partial charge in [0.1, 0.15) is 5.75 Å². The maximum absolute atomic E-state index is 11.8. The number of amides is 1. The lowest BCUT2D eigenvalue weighted by atomic mass is 10.3. The van der Waals surface area contributed by atoms with Gasteiger partial charge < -0.3 is 10.1 Å². The minimum Gasteiger partial charge on any atom is -0.482 e. The zero-order chi connectivity index (χ0) is 15.4. The zero-order valence-corrected chi connectivity index (χ0v) is 13.5. The predicted molar refractivity (Wildman–Crippen MR) is 87.0 cm³/mol. The van der Waals surface area contributed by atoms with Crippen LogP contribution in [0.15, 0.2) is 36.4 Å². The summed E-state index contributed by atoms with van der Waals surface area (Å²) < 4.78 is 5.32. The summed E-state index contributed by atoms with van der Waals surface area (Å²) in [6.45, 7) is -0.193. The fraction of sp³-hybridized carbons (Fsp3) is 0.0714. The molecule has 7 heteroatoms. The fourth-order valence-electron chi connectivity index (χ4n) is 1.51. The third-order valence-electron chi connectivity index (χ3n) is 2.46. The van der Waals surface area contributed by atoms with E-state index in [0.717, 1.165) is 0 Å². The van der Waals surface area contributed by atoms with Crippen LogP contribution < -0.4 is 10.1 Å². The number of benzene rings is 2. The van der Waals surface area contributed by atoms with Gasteiger partial charge in [0.05, 0.1) is 15.1 Å². The lowest BCUT2D eigenvalue weighted by Crippen LogP contribution is -2.20. The first-order valence-corrected chi connectivity index (χ1v) is 7.29. The van der Waals surface area contributed by atoms with Gasteiger partial charge in [0, 0.05) is 10.7 Å². The maximum Gasteiger partial charge on any atom is 0.262 e. The van der Waals surface area contributed by atoms with Crippen LogP contribution in [0.1, 0.15) is 0 Å². The maximum atomic E-state index is 11.8. The van der Waals surface area contributed by atoms with E-state index in [1.165, 1.54) is 6.07 Å². The molecule has 0 saturated heterocycles. The number of carbonyl (C=O) groups is 1. The summed E-state index contributed by atoms with van der Waals surface area (Å²) in [5, 5.41) is 4.24. The van der Waals surface area contributed by atoms with Crippen molar-refractivity contribution in [2.75, 3.05) is 11.9 Å². The van der Waals surface area contributed by atoms with Gasteiger partial charge in [-0.05, 0) is 36.4 Å². The number of halogens is 4. The minimum absolute atomic E-state index is 0.193. The molecule has 3 nitrogen and oxygen atoms in total. The van der Waals surface area contributed by atoms with Gasteiger partial charge in [-0.25, -0.2) is 0 Å². The van der Waals surface area contributed by atoms with Gasteiger partial charge >= 0.3 is 0 Å². The van der Waals surface area contributed by atoms with Gasteiger partial charge in [-0.2, -0.15) is 0 Å². The van der Waals surface area contributed by atoms with E-state index in [-0.39, 0.29) is 12.5 Å². The smallest absolute Gasteiger partial charge is 0.262 e. The number of carbonyl (C=O) groups excluding carboxylic acids is 1. The van der Waals surface area contributed by atoms with Gasteiger partial charge in [-0.15, -0.1) is 0 Å². The summed E-state index contributed by atoms with van der Waals surface area (Å²) >= 11 is 23.4. The van der Waals surface area contributed by atoms with E-state index in [2.05, 4.69) is 5.32 Å². The zero-order valence-electron chi connectivity index (χ0n) is 10.5. The number of nitrogens with one attached hydrogen (secondary N) is 1. The second kappa shape index (κ2) is 7.23. The van der Waals surface area contributed by atoms with E-state index in [9.17, 15) is 4.79 Å². The molecule has 1 amide bonds. The van der Waals surface area contributed by atoms with Crippen molar-refractivity contribution >= 4 is 58.0 Å². The molecule has 0 atom stereocenters. The van der Waals surface area contributed by atoms with Gasteiger partial charge in [-0.1, -0.05) is 46.4 Å². The summed E-state index contributed by atoms with van der Waals surface area (Å²) in [5.74, 6) is 0.0322. The molecule has 0 aliphatic rings. The minimum atomic E-state index is -0.348. The number of ether oxygens (including phenoxy) is 1. The summed E-state index contributed by atoms with van der Waals surface area (Å²) in [6.07, 6.45) is 0. The Labute approximate surface area is 141 Å². The predicted octanol–water partition coefficient (Wildman–Crippen LogP) is 5.32. The molecule has 2 rings (SSSR count). The molecule has 1 N–H and O–H groups in total. The number of hydrogen-bond donors (Lipinski definition) is 1. The SMILES string of the molecule is O=C(COc1ccc(Cl)cc1Cl)Nc1ccc(Cl)c(Cl)c1. The highest BCUT2D eigenvalue weighted by molar-refractivity contribution is 6.42. The van der Waals surface area contributed by atoms with E-state index in [1.807, 2.05) is 0 Å². The Morgan fingerprint density at radius 1 is 0.952 bits per heavy atom. The summed E-state index contributed by atoms with van der Waals surface area (Å²) in [6, 6.07) is 9.54. The fourth-order valence-corrected chi connectivity index (χ4v) is 2.27. The summed E-state index contributed by atoms with van der Waals surface area (Å²) in [4.78, 5) is 11.8. The highest BCUT2D eigenvalue weighted by Crippen LogP contribution is 2.28. The number of hydrogen-bond acceptors (Lipinski definition) is 2. The molecular formula is C14H9Cl4NO2. The van der Waals surface area contributed by atoms with Crippen molar-refractivity contribution in [2.45, 2.75) is 0 Å². The summed E-state index contributed by atoms with van der Waals surface area (Å²) in [5.41, 5.74) is 0.528. The Morgan fingerprint density at radius 3 is 2.38 bits per heavy atom. The van der Waals surface area contributed by atoms with Crippen LogP contribution in [0.4, 0.5) is 5.69 Å². The Balaban J connectivity index is 1.94. The second-order valence-corrected chi connectivity index (χ2v) is 5.70. The van der Waals surface area contributed by atoms with Crippen molar-refractivity contribution in [1.82, 2.24) is 0 Å². The first-order chi connectivity index (χ1) is 9.95. The average Bonchev–Trinajstić information content (AvgIpc) is 2.42. The van der Waals surface area contributed by atoms with Crippen LogP contribution >= 0.6 is 46.4 Å². The van der Waals surface area contributed by atoms with Gasteiger partial charge in [-0.3, -0.25) is 4.79 Å². The third kappa shape index (κ3) is 4.68. The standard InChI is InChI=1S/C14H9Cl4NO2/c15-8-1-4-13(12(18)5-8)21-7-14(20)19-9-2-3-10(16)11(17)6-9/h1-6H,7H2,(H,19,20). The molecule has 0 aromatic heterocycles. The Bertz CT molecular complexity index is 676. The van der Waals surface area contributed by atoms with Gasteiger partial charge in [0.25, 0.3) is 5.91 Å². The molecule has 0 fully saturated rings. The number of anilines is 1. The quantitative estimate of drug-likeness (QED) is 0.797. The molecule has 110 valence electrons. The van der Waals surface area contributed by atoms with Crippen molar-refractivity contribution in [3.8, 4) is 5.75 Å². The molecule has 0 spiro atoms. The first kappa shape index (κ1) is 16.2. The highest BCUT2D eigenvalue weighted by atomic mass is 35.5. The van der Waals surface area contributed by atoms with Crippen LogP contribution in [0.25, 0.3) is 0 Å². The Morgan fingerprint density at radius 2 is 1.71 bits per heavy atom. The molecule has 0 bridgehead atoms. The Hall–Kier alpha value is -1.13. The van der Waals surface area contributed by atoms with Crippen molar-refractivity contribution in [3.63, 3.8) is 0 Å². The molecule has 2 aromatic rings. The van der Waals surface area contributed by atoms with Crippen LogP contribution in [-0.4, -0.2) is 12.5 Å². The third-order valence-corrected chi connectivity index (χ3v) is 3.73. The molecule has 0 unspecified atom stereocenters. The second-order valence-electron chi connectivity index (χ2n) is 4.04. The van der Waals surface area contributed by atoms with Crippen LogP contribution in [0.3, 0.4) is 0 Å². The molecule has 0 saturated carbocycles. The van der Waals surface area contributed by atoms with E-state index in [4.69, 9.17) is 51.1 Å². The van der Waals surface area contributed by atoms with Crippen molar-refractivity contribution in [2.24, 2.45) is 0 Å².